The van der Waals surface area contributed by atoms with Crippen LogP contribution in [0.5, 0.6) is 5.75 Å². The first-order chi connectivity index (χ1) is 14.9. The zero-order chi connectivity index (χ0) is 22.5. The van der Waals surface area contributed by atoms with Crippen LogP contribution in [-0.2, 0) is 13.1 Å². The van der Waals surface area contributed by atoms with Crippen LogP contribution in [0.4, 0.5) is 5.82 Å². The maximum absolute atomic E-state index is 13.1. The van der Waals surface area contributed by atoms with Gasteiger partial charge in [0, 0.05) is 6.54 Å². The zero-order valence-electron chi connectivity index (χ0n) is 16.8. The van der Waals surface area contributed by atoms with Crippen molar-refractivity contribution < 1.29 is 9.90 Å². The Morgan fingerprint density at radius 3 is 2.32 bits per heavy atom. The number of benzene rings is 2. The number of hydrogen-bond donors (Lipinski definition) is 2. The molecule has 0 bridgehead atoms. The molecular weight excluding hydrogens is 396 g/mol. The SMILES string of the molecule is CCn1c(=O)c(C(=O)/C(C#N)=C/c2ccc(O)cc2)c(N)n(Cc2ccccc2)c1=O. The third kappa shape index (κ3) is 4.31. The minimum Gasteiger partial charge on any atom is -0.508 e. The lowest BCUT2D eigenvalue weighted by molar-refractivity contribution is 0.103. The van der Waals surface area contributed by atoms with E-state index in [0.29, 0.717) is 5.56 Å². The first kappa shape index (κ1) is 21.3. The Balaban J connectivity index is 2.17. The number of nitrogens with zero attached hydrogens (tertiary/aromatic N) is 3. The van der Waals surface area contributed by atoms with Crippen molar-refractivity contribution in [2.24, 2.45) is 0 Å². The van der Waals surface area contributed by atoms with E-state index in [0.717, 1.165) is 14.7 Å². The molecular formula is C23H20N4O4. The Morgan fingerprint density at radius 1 is 1.10 bits per heavy atom. The van der Waals surface area contributed by atoms with Gasteiger partial charge in [0.25, 0.3) is 5.56 Å². The second kappa shape index (κ2) is 8.97. The van der Waals surface area contributed by atoms with E-state index in [9.17, 15) is 24.8 Å². The van der Waals surface area contributed by atoms with E-state index < -0.39 is 22.6 Å². The van der Waals surface area contributed by atoms with Crippen molar-refractivity contribution in [3.63, 3.8) is 0 Å². The number of allylic oxidation sites excluding steroid dienone is 1. The highest BCUT2D eigenvalue weighted by Crippen LogP contribution is 2.17. The van der Waals surface area contributed by atoms with Gasteiger partial charge in [-0.1, -0.05) is 42.5 Å². The molecule has 1 aromatic heterocycles. The molecule has 156 valence electrons. The van der Waals surface area contributed by atoms with Gasteiger partial charge in [0.05, 0.1) is 6.54 Å². The van der Waals surface area contributed by atoms with Gasteiger partial charge in [-0.05, 0) is 36.3 Å². The molecule has 2 aromatic carbocycles. The number of carbonyl (C=O) groups excluding carboxylic acids is 1. The van der Waals surface area contributed by atoms with Crippen LogP contribution in [0.3, 0.4) is 0 Å². The minimum absolute atomic E-state index is 0.0325. The summed E-state index contributed by atoms with van der Waals surface area (Å²) in [5.41, 5.74) is 5.14. The smallest absolute Gasteiger partial charge is 0.332 e. The lowest BCUT2D eigenvalue weighted by atomic mass is 10.0. The number of aromatic nitrogens is 2. The Kier molecular flexibility index (Phi) is 6.17. The monoisotopic (exact) mass is 416 g/mol. The summed E-state index contributed by atoms with van der Waals surface area (Å²) in [6.45, 7) is 1.71. The van der Waals surface area contributed by atoms with Gasteiger partial charge >= 0.3 is 5.69 Å². The van der Waals surface area contributed by atoms with Gasteiger partial charge in [0.2, 0.25) is 5.78 Å². The number of nitriles is 1. The Labute approximate surface area is 177 Å². The Morgan fingerprint density at radius 2 is 1.74 bits per heavy atom. The van der Waals surface area contributed by atoms with Crippen molar-refractivity contribution in [1.82, 2.24) is 9.13 Å². The molecule has 0 unspecified atom stereocenters. The second-order valence-corrected chi connectivity index (χ2v) is 6.75. The first-order valence-electron chi connectivity index (χ1n) is 9.50. The van der Waals surface area contributed by atoms with Gasteiger partial charge in [0.1, 0.15) is 28.8 Å². The summed E-state index contributed by atoms with van der Waals surface area (Å²) < 4.78 is 2.07. The number of phenolic OH excluding ortho intramolecular Hbond substituents is 1. The summed E-state index contributed by atoms with van der Waals surface area (Å²) in [6, 6.07) is 16.7. The number of carbonyl (C=O) groups is 1. The molecule has 31 heavy (non-hydrogen) atoms. The molecule has 3 aromatic rings. The molecule has 0 saturated heterocycles. The van der Waals surface area contributed by atoms with Gasteiger partial charge in [0.15, 0.2) is 0 Å². The number of Topliss-reactive ketones (excluding diaryl/α,β-unsaturated/α-hetero) is 1. The molecule has 8 heteroatoms. The topological polar surface area (TPSA) is 131 Å². The van der Waals surface area contributed by atoms with E-state index in [2.05, 4.69) is 0 Å². The molecule has 0 aliphatic carbocycles. The van der Waals surface area contributed by atoms with Crippen molar-refractivity contribution in [1.29, 1.82) is 5.26 Å². The van der Waals surface area contributed by atoms with Gasteiger partial charge in [-0.3, -0.25) is 18.7 Å². The molecule has 0 aliphatic heterocycles. The van der Waals surface area contributed by atoms with E-state index in [1.165, 1.54) is 30.3 Å². The predicted molar refractivity (Wildman–Crippen MR) is 117 cm³/mol. The van der Waals surface area contributed by atoms with Gasteiger partial charge in [-0.25, -0.2) is 4.79 Å². The molecule has 8 nitrogen and oxygen atoms in total. The fourth-order valence-corrected chi connectivity index (χ4v) is 3.15. The van der Waals surface area contributed by atoms with Gasteiger partial charge < -0.3 is 10.8 Å². The average molecular weight is 416 g/mol. The molecule has 0 amide bonds. The summed E-state index contributed by atoms with van der Waals surface area (Å²) in [4.78, 5) is 38.8. The Hall–Kier alpha value is -4.38. The maximum atomic E-state index is 13.1. The number of rotatable bonds is 6. The van der Waals surface area contributed by atoms with Crippen molar-refractivity contribution >= 4 is 17.7 Å². The van der Waals surface area contributed by atoms with Crippen LogP contribution >= 0.6 is 0 Å². The van der Waals surface area contributed by atoms with Gasteiger partial charge in [-0.15, -0.1) is 0 Å². The normalized spacial score (nSPS) is 11.2. The lowest BCUT2D eigenvalue weighted by Crippen LogP contribution is -2.44. The van der Waals surface area contributed by atoms with Crippen LogP contribution in [0, 0.1) is 11.3 Å². The second-order valence-electron chi connectivity index (χ2n) is 6.75. The fourth-order valence-electron chi connectivity index (χ4n) is 3.15. The van der Waals surface area contributed by atoms with Crippen LogP contribution < -0.4 is 17.0 Å². The summed E-state index contributed by atoms with van der Waals surface area (Å²) in [5, 5.41) is 18.9. The molecule has 0 spiro atoms. The molecule has 0 fully saturated rings. The third-order valence-corrected chi connectivity index (χ3v) is 4.76. The van der Waals surface area contributed by atoms with Gasteiger partial charge in [-0.2, -0.15) is 5.26 Å². The number of anilines is 1. The first-order valence-corrected chi connectivity index (χ1v) is 9.50. The number of nitrogen functional groups attached to an aromatic ring is 1. The van der Waals surface area contributed by atoms with E-state index in [-0.39, 0.29) is 30.2 Å². The highest BCUT2D eigenvalue weighted by atomic mass is 16.3. The van der Waals surface area contributed by atoms with Crippen molar-refractivity contribution in [3.8, 4) is 11.8 Å². The molecule has 0 radical (unpaired) electrons. The van der Waals surface area contributed by atoms with Crippen LogP contribution in [0.2, 0.25) is 0 Å². The standard InChI is InChI=1S/C23H20N4O4/c1-2-26-22(30)19(20(29)17(13-24)12-15-8-10-18(28)11-9-15)21(25)27(23(26)31)14-16-6-4-3-5-7-16/h3-12,28H,2,14,25H2,1H3/b17-12+. The number of hydrogen-bond acceptors (Lipinski definition) is 6. The third-order valence-electron chi connectivity index (χ3n) is 4.76. The molecule has 0 aliphatic rings. The molecule has 0 atom stereocenters. The van der Waals surface area contributed by atoms with Crippen molar-refractivity contribution in [2.75, 3.05) is 5.73 Å². The molecule has 0 saturated carbocycles. The quantitative estimate of drug-likeness (QED) is 0.360. The number of nitrogens with two attached hydrogens (primary N) is 1. The van der Waals surface area contributed by atoms with E-state index >= 15 is 0 Å². The number of aromatic hydroxyl groups is 1. The molecule has 1 heterocycles. The van der Waals surface area contributed by atoms with E-state index in [4.69, 9.17) is 5.73 Å². The Bertz CT molecular complexity index is 1310. The van der Waals surface area contributed by atoms with Crippen LogP contribution in [0.25, 0.3) is 6.08 Å². The largest absolute Gasteiger partial charge is 0.508 e. The van der Waals surface area contributed by atoms with E-state index in [1.54, 1.807) is 37.3 Å². The fraction of sp³-hybridized carbons (Fsp3) is 0.130. The average Bonchev–Trinajstić information content (AvgIpc) is 2.77. The van der Waals surface area contributed by atoms with E-state index in [1.807, 2.05) is 6.07 Å². The summed E-state index contributed by atoms with van der Waals surface area (Å²) in [5.74, 6) is -1.13. The summed E-state index contributed by atoms with van der Waals surface area (Å²) in [7, 11) is 0. The highest BCUT2D eigenvalue weighted by molar-refractivity contribution is 6.16. The minimum atomic E-state index is -0.873. The van der Waals surface area contributed by atoms with Crippen LogP contribution in [-0.4, -0.2) is 20.0 Å². The highest BCUT2D eigenvalue weighted by Gasteiger charge is 2.25. The summed E-state index contributed by atoms with van der Waals surface area (Å²) in [6.07, 6.45) is 1.30. The molecule has 3 N–H and O–H groups in total. The maximum Gasteiger partial charge on any atom is 0.332 e. The zero-order valence-corrected chi connectivity index (χ0v) is 16.8. The van der Waals surface area contributed by atoms with Crippen LogP contribution in [0.1, 0.15) is 28.4 Å². The van der Waals surface area contributed by atoms with Crippen molar-refractivity contribution in [2.45, 2.75) is 20.0 Å². The predicted octanol–water partition coefficient (Wildman–Crippen LogP) is 2.16. The lowest BCUT2D eigenvalue weighted by Gasteiger charge is -2.15. The van der Waals surface area contributed by atoms with Crippen molar-refractivity contribution in [3.05, 3.63) is 97.7 Å². The molecule has 3 rings (SSSR count). The van der Waals surface area contributed by atoms with Crippen LogP contribution in [0.15, 0.2) is 69.8 Å². The summed E-state index contributed by atoms with van der Waals surface area (Å²) >= 11 is 0. The number of ketones is 1. The number of phenols is 1.